The fraction of sp³-hybridized carbons (Fsp3) is 1.00. The number of hydrogen-bond acceptors (Lipinski definition) is 4. The molecule has 0 spiro atoms. The smallest absolute Gasteiger partial charge is 0.265 e. The molecule has 0 aromatic rings. The zero-order chi connectivity index (χ0) is 14.0. The summed E-state index contributed by atoms with van der Waals surface area (Å²) in [5, 5.41) is 0. The third kappa shape index (κ3) is 10.00. The molecule has 7 heteroatoms. The van der Waals surface area contributed by atoms with Gasteiger partial charge < -0.3 is 23.9 Å². The van der Waals surface area contributed by atoms with Crippen LogP contribution in [0.5, 0.6) is 0 Å². The molecule has 2 unspecified atom stereocenters. The molecular formula is C11H26NO5P. The molecule has 0 aliphatic carbocycles. The van der Waals surface area contributed by atoms with Crippen LogP contribution in [0.4, 0.5) is 0 Å². The van der Waals surface area contributed by atoms with E-state index in [9.17, 15) is 9.46 Å². The first kappa shape index (κ1) is 18.0. The zero-order valence-electron chi connectivity index (χ0n) is 11.6. The van der Waals surface area contributed by atoms with E-state index in [1.807, 2.05) is 0 Å². The van der Waals surface area contributed by atoms with E-state index in [1.165, 1.54) is 19.6 Å². The predicted molar refractivity (Wildman–Crippen MR) is 67.3 cm³/mol. The van der Waals surface area contributed by atoms with Crippen LogP contribution in [0.25, 0.3) is 0 Å². The summed E-state index contributed by atoms with van der Waals surface area (Å²) >= 11 is 0. The van der Waals surface area contributed by atoms with Gasteiger partial charge in [-0.15, -0.1) is 0 Å². The highest BCUT2D eigenvalue weighted by Crippen LogP contribution is 2.34. The fourth-order valence-electron chi connectivity index (χ4n) is 1.73. The van der Waals surface area contributed by atoms with E-state index in [4.69, 9.17) is 9.63 Å². The van der Waals surface area contributed by atoms with Gasteiger partial charge in [-0.25, -0.2) is 0 Å². The predicted octanol–water partition coefficient (Wildman–Crippen LogP) is -0.426. The van der Waals surface area contributed by atoms with E-state index in [0.29, 0.717) is 13.0 Å². The maximum atomic E-state index is 10.2. The fourth-order valence-corrected chi connectivity index (χ4v) is 2.28. The number of quaternary nitrogens is 1. The molecule has 0 aromatic heterocycles. The minimum atomic E-state index is -4.56. The molecule has 2 atom stereocenters. The molecule has 1 aliphatic rings. The minimum Gasteiger partial charge on any atom is -0.756 e. The summed E-state index contributed by atoms with van der Waals surface area (Å²) in [7, 11) is -4.56. The summed E-state index contributed by atoms with van der Waals surface area (Å²) in [6.45, 7) is 11.4. The number of hydrogen-bond donors (Lipinski definition) is 2. The number of phosphoric acid groups is 1. The van der Waals surface area contributed by atoms with Crippen molar-refractivity contribution in [2.75, 3.05) is 32.8 Å². The summed E-state index contributed by atoms with van der Waals surface area (Å²) in [4.78, 5) is 20.2. The van der Waals surface area contributed by atoms with Crippen LogP contribution in [0.1, 0.15) is 33.6 Å². The molecule has 6 nitrogen and oxygen atoms in total. The average Bonchev–Trinajstić information content (AvgIpc) is 2.31. The van der Waals surface area contributed by atoms with Gasteiger partial charge >= 0.3 is 0 Å². The van der Waals surface area contributed by atoms with Gasteiger partial charge in [0.1, 0.15) is 0 Å². The molecule has 0 aromatic carbocycles. The number of rotatable bonds is 5. The van der Waals surface area contributed by atoms with Gasteiger partial charge in [0.25, 0.3) is 7.82 Å². The summed E-state index contributed by atoms with van der Waals surface area (Å²) in [6.07, 6.45) is 0.884. The molecule has 1 heterocycles. The number of phosphoric ester groups is 1. The lowest BCUT2D eigenvalue weighted by Crippen LogP contribution is -3.11. The van der Waals surface area contributed by atoms with Gasteiger partial charge in [-0.1, -0.05) is 0 Å². The average molecular weight is 283 g/mol. The molecule has 0 bridgehead atoms. The molecule has 2 N–H and O–H groups in total. The summed E-state index contributed by atoms with van der Waals surface area (Å²) in [6, 6.07) is 0. The second-order valence-electron chi connectivity index (χ2n) is 4.22. The number of nitrogens with one attached hydrogen (secondary N) is 1. The van der Waals surface area contributed by atoms with Crippen molar-refractivity contribution in [2.24, 2.45) is 0 Å². The molecule has 1 aliphatic heterocycles. The molecule has 110 valence electrons. The third-order valence-electron chi connectivity index (χ3n) is 2.90. The molecule has 0 radical (unpaired) electrons. The van der Waals surface area contributed by atoms with Gasteiger partial charge in [-0.3, -0.25) is 4.57 Å². The van der Waals surface area contributed by atoms with Crippen molar-refractivity contribution < 1.29 is 28.5 Å². The lowest BCUT2D eigenvalue weighted by Gasteiger charge is -2.26. The quantitative estimate of drug-likeness (QED) is 0.669. The molecule has 18 heavy (non-hydrogen) atoms. The van der Waals surface area contributed by atoms with Crippen molar-refractivity contribution in [3.63, 3.8) is 0 Å². The Hall–Kier alpha value is 0.0300. The van der Waals surface area contributed by atoms with Gasteiger partial charge in [0.2, 0.25) is 0 Å². The van der Waals surface area contributed by atoms with Gasteiger partial charge in [-0.05, 0) is 33.6 Å². The van der Waals surface area contributed by atoms with E-state index >= 15 is 0 Å². The lowest BCUT2D eigenvalue weighted by molar-refractivity contribution is -0.894. The SMILES string of the molecule is CC[NH+](CC)CC.O=P([O-])(O)OC1CCCOC1. The second-order valence-corrected chi connectivity index (χ2v) is 5.37. The van der Waals surface area contributed by atoms with E-state index in [0.717, 1.165) is 6.42 Å². The first-order chi connectivity index (χ1) is 8.42. The first-order valence-corrected chi connectivity index (χ1v) is 8.05. The Balaban J connectivity index is 0.000000360. The van der Waals surface area contributed by atoms with Crippen molar-refractivity contribution >= 4 is 7.82 Å². The highest BCUT2D eigenvalue weighted by atomic mass is 31.2. The van der Waals surface area contributed by atoms with Gasteiger partial charge in [0.15, 0.2) is 0 Å². The Morgan fingerprint density at radius 1 is 1.39 bits per heavy atom. The maximum Gasteiger partial charge on any atom is 0.265 e. The van der Waals surface area contributed by atoms with Crippen molar-refractivity contribution in [2.45, 2.75) is 39.7 Å². The van der Waals surface area contributed by atoms with Gasteiger partial charge in [0, 0.05) is 6.61 Å². The molecule has 1 rings (SSSR count). The Labute approximate surface area is 110 Å². The highest BCUT2D eigenvalue weighted by Gasteiger charge is 2.18. The molecule has 1 fully saturated rings. The van der Waals surface area contributed by atoms with Crippen LogP contribution in [0.15, 0.2) is 0 Å². The first-order valence-electron chi connectivity index (χ1n) is 6.56. The van der Waals surface area contributed by atoms with E-state index in [2.05, 4.69) is 25.3 Å². The van der Waals surface area contributed by atoms with Crippen LogP contribution in [-0.4, -0.2) is 43.8 Å². The van der Waals surface area contributed by atoms with E-state index < -0.39 is 13.9 Å². The van der Waals surface area contributed by atoms with Crippen LogP contribution in [0, 0.1) is 0 Å². The maximum absolute atomic E-state index is 10.2. The molecule has 1 saturated heterocycles. The topological polar surface area (TPSA) is 83.3 Å². The van der Waals surface area contributed by atoms with Crippen LogP contribution >= 0.6 is 7.82 Å². The Bertz CT molecular complexity index is 230. The van der Waals surface area contributed by atoms with Gasteiger partial charge in [0.05, 0.1) is 32.3 Å². The Morgan fingerprint density at radius 2 is 1.94 bits per heavy atom. The second kappa shape index (κ2) is 9.89. The largest absolute Gasteiger partial charge is 0.756 e. The normalized spacial score (nSPS) is 23.1. The summed E-state index contributed by atoms with van der Waals surface area (Å²) in [5.41, 5.74) is 0. The van der Waals surface area contributed by atoms with Crippen molar-refractivity contribution in [3.8, 4) is 0 Å². The number of ether oxygens (including phenoxy) is 1. The minimum absolute atomic E-state index is 0.243. The van der Waals surface area contributed by atoms with Crippen LogP contribution in [0.2, 0.25) is 0 Å². The lowest BCUT2D eigenvalue weighted by atomic mass is 10.2. The standard InChI is InChI=1S/C6H15N.C5H11O5P/c1-4-7(5-2)6-3;6-11(7,8)10-5-2-1-3-9-4-5/h4-6H2,1-3H3;5H,1-4H2,(H2,6,7,8). The highest BCUT2D eigenvalue weighted by molar-refractivity contribution is 7.44. The molecule has 0 saturated carbocycles. The monoisotopic (exact) mass is 283 g/mol. The molecule has 0 amide bonds. The van der Waals surface area contributed by atoms with Gasteiger partial charge in [-0.2, -0.15) is 0 Å². The van der Waals surface area contributed by atoms with E-state index in [-0.39, 0.29) is 6.61 Å². The van der Waals surface area contributed by atoms with Crippen LogP contribution in [-0.2, 0) is 13.8 Å². The summed E-state index contributed by atoms with van der Waals surface area (Å²) in [5.74, 6) is 0. The summed E-state index contributed by atoms with van der Waals surface area (Å²) < 4.78 is 19.4. The molecular weight excluding hydrogens is 257 g/mol. The van der Waals surface area contributed by atoms with Crippen LogP contribution < -0.4 is 9.79 Å². The van der Waals surface area contributed by atoms with Crippen molar-refractivity contribution in [3.05, 3.63) is 0 Å². The third-order valence-corrected chi connectivity index (χ3v) is 3.47. The zero-order valence-corrected chi connectivity index (χ0v) is 12.4. The Morgan fingerprint density at radius 3 is 2.22 bits per heavy atom. The van der Waals surface area contributed by atoms with E-state index in [1.54, 1.807) is 4.90 Å². The van der Waals surface area contributed by atoms with Crippen molar-refractivity contribution in [1.29, 1.82) is 0 Å². The van der Waals surface area contributed by atoms with Crippen molar-refractivity contribution in [1.82, 2.24) is 0 Å². The Kier molecular flexibility index (Phi) is 9.91. The van der Waals surface area contributed by atoms with Crippen LogP contribution in [0.3, 0.4) is 0 Å².